The minimum Gasteiger partial charge on any atom is 0 e. The largest absolute Gasteiger partial charge is 0 e. The Morgan fingerprint density at radius 2 is 0.0930 bits per heavy atom. The second-order valence-electron chi connectivity index (χ2n) is 0.707. The van der Waals surface area contributed by atoms with Crippen molar-refractivity contribution in [2.24, 2.45) is 0 Å². The molecule has 0 aromatic rings. The molecule has 0 aliphatic carbocycles. The maximum atomic E-state index is 1.69. The zero-order valence-corrected chi connectivity index (χ0v) is 243. The molecule has 0 bridgehead atoms. The van der Waals surface area contributed by atoms with Crippen LogP contribution in [0.25, 0.3) is 0 Å². The summed E-state index contributed by atoms with van der Waals surface area (Å²) in [7, 11) is 0. The fourth-order valence-corrected chi connectivity index (χ4v) is 0. The Bertz CT molecular complexity index is 118. The predicted molar refractivity (Wildman–Crippen MR) is 449 cm³/mol. The molecule has 0 heterocycles. The van der Waals surface area contributed by atoms with E-state index in [0.29, 0.717) is 28.3 Å². The molecule has 0 amide bonds. The van der Waals surface area contributed by atoms with Gasteiger partial charge in [-0.25, -0.2) is 0 Å². The molecule has 0 nitrogen and oxygen atoms in total. The average molecular weight is 6510 g/mol. The van der Waals surface area contributed by atoms with Gasteiger partial charge in [0.25, 0.3) is 0 Å². The smallest absolute Gasteiger partial charge is 0 e. The Hall–Kier alpha value is 86.5. The predicted octanol–water partition coefficient (Wildman–Crippen LogP) is -29.7. The standard InChI is InChI=1S/42Ca.8Mn.36Sb. The van der Waals surface area contributed by atoms with E-state index in [1.807, 2.05) is 0 Å². The summed E-state index contributed by atoms with van der Waals surface area (Å²) in [5.41, 5.74) is 0. The van der Waals surface area contributed by atoms with Gasteiger partial charge in [-0.2, -0.15) is 0 Å². The van der Waals surface area contributed by atoms with Gasteiger partial charge in [0.1, 0.15) is 0 Å². The third-order valence-electron chi connectivity index (χ3n) is 0. The average Bonchev–Trinajstić information content (AvgIpc) is 2.42. The Morgan fingerprint density at radius 1 is 0.0930 bits per heavy atom. The first-order chi connectivity index (χ1) is 7.83. The molecule has 320 valence electrons. The molecule has 0 spiro atoms. The zero-order chi connectivity index (χ0) is 15.4. The molecular weight excluding hydrogens is 6510 g/mol. The normalized spacial score (nSPS) is 0.256. The first-order valence-corrected chi connectivity index (χ1v) is 76.5. The molecule has 0 unspecified atom stereocenters. The van der Waals surface area contributed by atoms with Crippen molar-refractivity contribution < 1.29 is 137 Å². The summed E-state index contributed by atoms with van der Waals surface area (Å²) in [6.07, 6.45) is 0. The van der Waals surface area contributed by atoms with E-state index in [9.17, 15) is 0 Å². The Labute approximate surface area is 2290 Å². The molecule has 0 rings (SSSR count). The molecule has 0 aromatic heterocycles. The molecule has 0 saturated heterocycles. The van der Waals surface area contributed by atoms with Crippen LogP contribution in [-0.4, -0.2) is 2250 Å². The minimum atomic E-state index is 0. The van der Waals surface area contributed by atoms with E-state index < -0.39 is 0 Å². The van der Waals surface area contributed by atoms with Crippen LogP contribution in [0.4, 0.5) is 0 Å². The van der Waals surface area contributed by atoms with E-state index in [1.165, 1.54) is 259 Å². The van der Waals surface area contributed by atoms with Crippen LogP contribution < -0.4 is 0 Å². The summed E-state index contributed by atoms with van der Waals surface area (Å²) in [5, 5.41) is 0. The van der Waals surface area contributed by atoms with Crippen molar-refractivity contribution in [1.29, 1.82) is 0 Å². The zero-order valence-electron chi connectivity index (χ0n) is 48.8. The van der Waals surface area contributed by atoms with Gasteiger partial charge >= 0.3 is 392 Å². The molecule has 0 atom stereocenters. The monoisotopic (exact) mass is 6470 g/mol. The van der Waals surface area contributed by atoms with E-state index in [1.54, 1.807) is 104 Å². The van der Waals surface area contributed by atoms with Crippen molar-refractivity contribution in [1.82, 2.24) is 0 Å². The van der Waals surface area contributed by atoms with Gasteiger partial charge in [0.05, 0.1) is 0 Å². The quantitative estimate of drug-likeness (QED) is 0.212. The fourth-order valence-electron chi connectivity index (χ4n) is 0. The van der Waals surface area contributed by atoms with Gasteiger partial charge in [0, 0.05) is 2000 Å². The van der Waals surface area contributed by atoms with Gasteiger partial charge in [0.2, 0.25) is 0 Å². The summed E-state index contributed by atoms with van der Waals surface area (Å²) in [4.78, 5) is 0. The van der Waals surface area contributed by atoms with Gasteiger partial charge in [-0.05, 0) is 0 Å². The van der Waals surface area contributed by atoms with Crippen molar-refractivity contribution in [3.8, 4) is 0 Å². The van der Waals surface area contributed by atoms with Gasteiger partial charge in [-0.15, -0.1) is 0 Å². The summed E-state index contributed by atoms with van der Waals surface area (Å²) in [5.74, 6) is 0. The molecule has 0 aliphatic rings. The number of rotatable bonds is 0. The van der Waals surface area contributed by atoms with E-state index >= 15 is 0 Å². The van der Waals surface area contributed by atoms with E-state index in [-0.39, 0.29) is 2000 Å². The molecule has 182 radical (unpaired) electrons. The van der Waals surface area contributed by atoms with E-state index in [4.69, 9.17) is 0 Å². The van der Waals surface area contributed by atoms with Crippen molar-refractivity contribution in [2.45, 2.75) is 0 Å². The molecular formula is Ca42Mn8Sb36. The summed E-state index contributed by atoms with van der Waals surface area (Å²) >= 11 is 22.5. The molecule has 0 saturated carbocycles. The van der Waals surface area contributed by atoms with Crippen molar-refractivity contribution >= 4 is 2250 Å². The summed E-state index contributed by atoms with van der Waals surface area (Å²) in [6, 6.07) is 0. The van der Waals surface area contributed by atoms with Crippen molar-refractivity contribution in [3.63, 3.8) is 0 Å². The first kappa shape index (κ1) is 556. The number of hydrogen-bond acceptors (Lipinski definition) is 0. The minimum absolute atomic E-state index is 0. The van der Waals surface area contributed by atoms with Gasteiger partial charge in [-0.3, -0.25) is 0 Å². The molecule has 0 aliphatic heterocycles. The fraction of sp³-hybridized carbons (Fsp3) is 0. The third kappa shape index (κ3) is 655. The van der Waals surface area contributed by atoms with Crippen LogP contribution in [0.3, 0.4) is 0 Å². The number of hydrogen-bond donors (Lipinski definition) is 0. The maximum absolute atomic E-state index is 1.69. The summed E-state index contributed by atoms with van der Waals surface area (Å²) in [6.45, 7) is 0. The molecule has 86 heavy (non-hydrogen) atoms. The van der Waals surface area contributed by atoms with E-state index in [2.05, 4.69) is 0 Å². The molecule has 0 fully saturated rings. The van der Waals surface area contributed by atoms with Crippen molar-refractivity contribution in [3.05, 3.63) is 0 Å². The topological polar surface area (TPSA) is 0 Å². The van der Waals surface area contributed by atoms with Crippen LogP contribution >= 0.6 is 0 Å². The van der Waals surface area contributed by atoms with Crippen LogP contribution in [0, 0.1) is 0 Å². The maximum Gasteiger partial charge on any atom is 0 e. The van der Waals surface area contributed by atoms with Crippen LogP contribution in [0.1, 0.15) is 0 Å². The van der Waals surface area contributed by atoms with E-state index in [0.717, 1.165) is 0 Å². The molecule has 0 aromatic carbocycles. The Morgan fingerprint density at radius 3 is 0.0930 bits per heavy atom. The van der Waals surface area contributed by atoms with Crippen LogP contribution in [0.5, 0.6) is 0 Å². The second-order valence-corrected chi connectivity index (χ2v) is 49.6. The third-order valence-corrected chi connectivity index (χ3v) is 0. The van der Waals surface area contributed by atoms with Crippen LogP contribution in [-0.2, 0) is 137 Å². The summed E-state index contributed by atoms with van der Waals surface area (Å²) < 4.78 is 0. The Kier molecular flexibility index (Phi) is 4120. The molecule has 0 N–H and O–H groups in total. The van der Waals surface area contributed by atoms with Gasteiger partial charge in [0.15, 0.2) is 0 Å². The Balaban J connectivity index is -0.000000000129. The first-order valence-electron chi connectivity index (χ1n) is 4.50. The van der Waals surface area contributed by atoms with Gasteiger partial charge in [-0.1, -0.05) is 0 Å². The van der Waals surface area contributed by atoms with Crippen LogP contribution in [0.15, 0.2) is 0 Å². The van der Waals surface area contributed by atoms with Crippen LogP contribution in [0.2, 0.25) is 0 Å². The second kappa shape index (κ2) is 636. The van der Waals surface area contributed by atoms with Crippen molar-refractivity contribution in [2.75, 3.05) is 0 Å². The SMILES string of the molecule is [Ca].[Ca].[Ca].[Ca].[Ca].[Ca].[Ca].[Ca].[Ca].[Ca].[Ca].[Ca].[Ca].[Ca].[Ca].[Ca].[Ca].[Ca].[Ca].[Ca].[Ca].[Ca].[Ca].[Ca].[Ca].[Ca].[Ca][Ca].[Ca][Ca].[Ca][Ca].[Ca][Ca].[Ca][Ca].[Ca][Ca][Ca].[Ca][Ca][Ca].[Mn].[Mn].[Mn].[Mn].[Mn].[Mn].[Mn].[Mn].[Sb].[Sb].[Sb].[Sb].[Sb].[Sb].[Sb].[Sb].[Sb].[Sb].[Sb].[Sb].[Sb].[Sb].[Sb].[Sb].[Sb].[Sb].[Sb].[Sb].[Sb].[Sb].[Sb].[Sb].[Sb].[Sb].[Sb].[Sb].[Sb].[Sb].[Sb].[Sb].[Sb].[Sb].[Sb].[Sb]. The molecule has 86 heteroatoms. The van der Waals surface area contributed by atoms with Gasteiger partial charge < -0.3 is 0 Å².